The number of carbonyl (C=O) groups excluding carboxylic acids is 1. The molecule has 2 rings (SSSR count). The Labute approximate surface area is 100 Å². The van der Waals surface area contributed by atoms with Gasteiger partial charge in [-0.05, 0) is 31.2 Å². The van der Waals surface area contributed by atoms with Crippen LogP contribution in [0.5, 0.6) is 0 Å². The quantitative estimate of drug-likeness (QED) is 0.807. The third kappa shape index (κ3) is 1.94. The second-order valence-electron chi connectivity index (χ2n) is 4.10. The zero-order valence-electron chi connectivity index (χ0n) is 9.97. The number of nitrogens with zero attached hydrogens (tertiary/aromatic N) is 2. The normalized spacial score (nSPS) is 12.3. The molecule has 1 unspecified atom stereocenters. The Morgan fingerprint density at radius 3 is 2.88 bits per heavy atom. The van der Waals surface area contributed by atoms with Gasteiger partial charge >= 0.3 is 0 Å². The van der Waals surface area contributed by atoms with Crippen molar-refractivity contribution in [2.75, 3.05) is 0 Å². The van der Waals surface area contributed by atoms with E-state index >= 15 is 0 Å². The minimum Gasteiger partial charge on any atom is -0.337 e. The first kappa shape index (κ1) is 11.4. The van der Waals surface area contributed by atoms with Gasteiger partial charge in [0.15, 0.2) is 5.78 Å². The second kappa shape index (κ2) is 4.42. The van der Waals surface area contributed by atoms with Crippen LogP contribution in [0.15, 0.2) is 30.5 Å². The molecule has 1 heterocycles. The van der Waals surface area contributed by atoms with Crippen LogP contribution >= 0.6 is 0 Å². The van der Waals surface area contributed by atoms with E-state index in [-0.39, 0.29) is 11.8 Å². The van der Waals surface area contributed by atoms with Crippen LogP contribution < -0.4 is 0 Å². The van der Waals surface area contributed by atoms with Gasteiger partial charge in [0.25, 0.3) is 0 Å². The third-order valence-electron chi connectivity index (χ3n) is 3.08. The van der Waals surface area contributed by atoms with Crippen LogP contribution in [0.1, 0.15) is 31.9 Å². The van der Waals surface area contributed by atoms with Crippen molar-refractivity contribution in [2.45, 2.75) is 26.3 Å². The van der Waals surface area contributed by atoms with Gasteiger partial charge in [0.1, 0.15) is 0 Å². The first-order chi connectivity index (χ1) is 8.17. The molecule has 86 valence electrons. The molecule has 1 aromatic heterocycles. The maximum Gasteiger partial charge on any atom is 0.155 e. The lowest BCUT2D eigenvalue weighted by Gasteiger charge is -2.13. The Morgan fingerprint density at radius 1 is 1.47 bits per heavy atom. The van der Waals surface area contributed by atoms with Crippen LogP contribution in [-0.4, -0.2) is 10.4 Å². The Morgan fingerprint density at radius 2 is 2.24 bits per heavy atom. The first-order valence-electron chi connectivity index (χ1n) is 5.70. The highest BCUT2D eigenvalue weighted by Crippen LogP contribution is 2.22. The number of carbonyl (C=O) groups is 1. The molecular formula is C14H14N2O. The summed E-state index contributed by atoms with van der Waals surface area (Å²) in [5, 5.41) is 9.83. The molecule has 0 saturated heterocycles. The lowest BCUT2D eigenvalue weighted by atomic mass is 10.1. The summed E-state index contributed by atoms with van der Waals surface area (Å²) in [4.78, 5) is 11.7. The maximum absolute atomic E-state index is 11.7. The molecule has 3 nitrogen and oxygen atoms in total. The number of rotatable bonds is 3. The van der Waals surface area contributed by atoms with E-state index in [1.54, 1.807) is 6.07 Å². The summed E-state index contributed by atoms with van der Waals surface area (Å²) in [5.41, 5.74) is 1.64. The average molecular weight is 226 g/mol. The molecule has 0 bridgehead atoms. The molecule has 0 aliphatic carbocycles. The van der Waals surface area contributed by atoms with Gasteiger partial charge in [0.2, 0.25) is 0 Å². The van der Waals surface area contributed by atoms with Crippen molar-refractivity contribution in [3.8, 4) is 6.07 Å². The van der Waals surface area contributed by atoms with Crippen LogP contribution in [-0.2, 0) is 4.79 Å². The summed E-state index contributed by atoms with van der Waals surface area (Å²) < 4.78 is 1.96. The minimum atomic E-state index is -0.148. The van der Waals surface area contributed by atoms with Gasteiger partial charge in [0.05, 0.1) is 17.7 Å². The fraction of sp³-hybridized carbons (Fsp3) is 0.286. The highest BCUT2D eigenvalue weighted by atomic mass is 16.1. The Hall–Kier alpha value is -2.08. The molecule has 2 aromatic rings. The summed E-state index contributed by atoms with van der Waals surface area (Å²) in [6.07, 6.45) is 2.45. The lowest BCUT2D eigenvalue weighted by molar-refractivity contribution is -0.121. The summed E-state index contributed by atoms with van der Waals surface area (Å²) in [6.45, 7) is 3.78. The standard InChI is InChI=1S/C14H14N2O/c1-3-14(17)10(2)16-7-6-12-8-11(9-15)4-5-13(12)16/h4-8,10H,3H2,1-2H3. The zero-order chi connectivity index (χ0) is 12.4. The molecule has 1 atom stereocenters. The molecule has 0 amide bonds. The Balaban J connectivity index is 2.51. The zero-order valence-corrected chi connectivity index (χ0v) is 9.97. The van der Waals surface area contributed by atoms with Crippen molar-refractivity contribution in [2.24, 2.45) is 0 Å². The van der Waals surface area contributed by atoms with Gasteiger partial charge in [-0.1, -0.05) is 6.92 Å². The van der Waals surface area contributed by atoms with Gasteiger partial charge in [-0.3, -0.25) is 4.79 Å². The fourth-order valence-electron chi connectivity index (χ4n) is 2.02. The topological polar surface area (TPSA) is 45.8 Å². The molecule has 0 N–H and O–H groups in total. The van der Waals surface area contributed by atoms with E-state index in [0.717, 1.165) is 10.9 Å². The smallest absolute Gasteiger partial charge is 0.155 e. The molecule has 0 aliphatic rings. The van der Waals surface area contributed by atoms with Crippen molar-refractivity contribution in [3.63, 3.8) is 0 Å². The molecular weight excluding hydrogens is 212 g/mol. The fourth-order valence-corrected chi connectivity index (χ4v) is 2.02. The van der Waals surface area contributed by atoms with Gasteiger partial charge < -0.3 is 4.57 Å². The van der Waals surface area contributed by atoms with Crippen LogP contribution in [0, 0.1) is 11.3 Å². The van der Waals surface area contributed by atoms with E-state index in [9.17, 15) is 4.79 Å². The molecule has 0 spiro atoms. The van der Waals surface area contributed by atoms with Crippen LogP contribution in [0.3, 0.4) is 0 Å². The van der Waals surface area contributed by atoms with E-state index in [2.05, 4.69) is 6.07 Å². The number of hydrogen-bond donors (Lipinski definition) is 0. The molecule has 3 heteroatoms. The Bertz CT molecular complexity index is 604. The van der Waals surface area contributed by atoms with Crippen molar-refractivity contribution in [3.05, 3.63) is 36.0 Å². The summed E-state index contributed by atoms with van der Waals surface area (Å²) in [6, 6.07) is 9.43. The third-order valence-corrected chi connectivity index (χ3v) is 3.08. The minimum absolute atomic E-state index is 0.148. The van der Waals surface area contributed by atoms with Crippen molar-refractivity contribution >= 4 is 16.7 Å². The summed E-state index contributed by atoms with van der Waals surface area (Å²) >= 11 is 0. The van der Waals surface area contributed by atoms with E-state index < -0.39 is 0 Å². The van der Waals surface area contributed by atoms with E-state index in [0.29, 0.717) is 12.0 Å². The SMILES string of the molecule is CCC(=O)C(C)n1ccc2cc(C#N)ccc21. The van der Waals surface area contributed by atoms with Crippen molar-refractivity contribution in [1.82, 2.24) is 4.57 Å². The molecule has 0 radical (unpaired) electrons. The summed E-state index contributed by atoms with van der Waals surface area (Å²) in [7, 11) is 0. The van der Waals surface area contributed by atoms with E-state index in [1.807, 2.05) is 42.8 Å². The number of nitriles is 1. The molecule has 17 heavy (non-hydrogen) atoms. The highest BCUT2D eigenvalue weighted by Gasteiger charge is 2.14. The van der Waals surface area contributed by atoms with Gasteiger partial charge in [-0.2, -0.15) is 5.26 Å². The van der Waals surface area contributed by atoms with E-state index in [1.165, 1.54) is 0 Å². The lowest BCUT2D eigenvalue weighted by Crippen LogP contribution is -2.14. The Kier molecular flexibility index (Phi) is 2.97. The number of aromatic nitrogens is 1. The van der Waals surface area contributed by atoms with Gasteiger partial charge in [-0.25, -0.2) is 0 Å². The molecule has 0 fully saturated rings. The van der Waals surface area contributed by atoms with Gasteiger partial charge in [-0.15, -0.1) is 0 Å². The van der Waals surface area contributed by atoms with Crippen LogP contribution in [0.25, 0.3) is 10.9 Å². The monoisotopic (exact) mass is 226 g/mol. The number of fused-ring (bicyclic) bond motifs is 1. The summed E-state index contributed by atoms with van der Waals surface area (Å²) in [5.74, 6) is 0.215. The predicted molar refractivity (Wildman–Crippen MR) is 66.7 cm³/mol. The predicted octanol–water partition coefficient (Wildman–Crippen LogP) is 3.05. The number of benzene rings is 1. The molecule has 0 aliphatic heterocycles. The van der Waals surface area contributed by atoms with Crippen molar-refractivity contribution < 1.29 is 4.79 Å². The molecule has 0 saturated carbocycles. The van der Waals surface area contributed by atoms with E-state index in [4.69, 9.17) is 5.26 Å². The highest BCUT2D eigenvalue weighted by molar-refractivity contribution is 5.87. The number of Topliss-reactive ketones (excluding diaryl/α,β-unsaturated/α-hetero) is 1. The number of hydrogen-bond acceptors (Lipinski definition) is 2. The maximum atomic E-state index is 11.7. The largest absolute Gasteiger partial charge is 0.337 e. The average Bonchev–Trinajstić information content (AvgIpc) is 2.79. The first-order valence-corrected chi connectivity index (χ1v) is 5.70. The van der Waals surface area contributed by atoms with Crippen LogP contribution in [0.2, 0.25) is 0 Å². The van der Waals surface area contributed by atoms with Gasteiger partial charge in [0, 0.05) is 23.5 Å². The van der Waals surface area contributed by atoms with Crippen molar-refractivity contribution in [1.29, 1.82) is 5.26 Å². The second-order valence-corrected chi connectivity index (χ2v) is 4.10. The molecule has 1 aromatic carbocycles. The van der Waals surface area contributed by atoms with Crippen LogP contribution in [0.4, 0.5) is 0 Å². The number of ketones is 1.